The number of carbonyl (C=O) groups excluding carboxylic acids is 2. The van der Waals surface area contributed by atoms with E-state index in [1.807, 2.05) is 0 Å². The Labute approximate surface area is 130 Å². The van der Waals surface area contributed by atoms with Crippen LogP contribution in [-0.2, 0) is 0 Å². The van der Waals surface area contributed by atoms with E-state index in [4.69, 9.17) is 0 Å². The van der Waals surface area contributed by atoms with Crippen LogP contribution >= 0.6 is 0 Å². The molecule has 3 nitrogen and oxygen atoms in total. The first-order valence-corrected chi connectivity index (χ1v) is 7.45. The number of nitrogens with zero attached hydrogens (tertiary/aromatic N) is 1. The fourth-order valence-corrected chi connectivity index (χ4v) is 2.48. The van der Waals surface area contributed by atoms with E-state index >= 15 is 0 Å². The molecule has 4 heteroatoms. The first kappa shape index (κ1) is 16.1. The predicted octanol–water partition coefficient (Wildman–Crippen LogP) is 4.27. The summed E-state index contributed by atoms with van der Waals surface area (Å²) in [4.78, 5) is 25.5. The molecule has 0 bridgehead atoms. The molecule has 0 fully saturated rings. The molecule has 1 aromatic carbocycles. The zero-order valence-corrected chi connectivity index (χ0v) is 12.8. The number of imide groups is 1. The van der Waals surface area contributed by atoms with Gasteiger partial charge in [-0.3, -0.25) is 14.5 Å². The molecule has 0 aromatic heterocycles. The Balaban J connectivity index is 1.81. The Kier molecular flexibility index (Phi) is 5.26. The summed E-state index contributed by atoms with van der Waals surface area (Å²) >= 11 is 0. The van der Waals surface area contributed by atoms with Crippen molar-refractivity contribution in [1.29, 1.82) is 0 Å². The fraction of sp³-hybridized carbons (Fsp3) is 0.333. The summed E-state index contributed by atoms with van der Waals surface area (Å²) in [7, 11) is 0. The quantitative estimate of drug-likeness (QED) is 0.428. The van der Waals surface area contributed by atoms with E-state index in [1.54, 1.807) is 37.3 Å². The number of hydrogen-bond acceptors (Lipinski definition) is 2. The molecule has 0 saturated carbocycles. The average Bonchev–Trinajstić information content (AvgIpc) is 2.71. The van der Waals surface area contributed by atoms with Crippen LogP contribution in [0.5, 0.6) is 0 Å². The van der Waals surface area contributed by atoms with Gasteiger partial charge in [-0.15, -0.1) is 0 Å². The molecular weight excluding hydrogens is 281 g/mol. The lowest BCUT2D eigenvalue weighted by atomic mass is 10.1. The van der Waals surface area contributed by atoms with Gasteiger partial charge in [0.05, 0.1) is 17.0 Å². The lowest BCUT2D eigenvalue weighted by Crippen LogP contribution is -2.30. The molecule has 0 saturated heterocycles. The van der Waals surface area contributed by atoms with Crippen LogP contribution in [-0.4, -0.2) is 23.3 Å². The number of halogens is 1. The van der Waals surface area contributed by atoms with Crippen molar-refractivity contribution in [3.05, 3.63) is 59.4 Å². The predicted molar refractivity (Wildman–Crippen MR) is 84.3 cm³/mol. The fourth-order valence-electron chi connectivity index (χ4n) is 2.48. The molecule has 116 valence electrons. The van der Waals surface area contributed by atoms with Crippen molar-refractivity contribution in [1.82, 2.24) is 4.90 Å². The summed E-state index contributed by atoms with van der Waals surface area (Å²) in [5, 5.41) is 0. The van der Waals surface area contributed by atoms with Gasteiger partial charge < -0.3 is 0 Å². The molecule has 0 radical (unpaired) electrons. The number of amides is 2. The number of carbonyl (C=O) groups is 2. The van der Waals surface area contributed by atoms with E-state index in [-0.39, 0.29) is 24.1 Å². The van der Waals surface area contributed by atoms with E-state index < -0.39 is 0 Å². The summed E-state index contributed by atoms with van der Waals surface area (Å²) < 4.78 is 13.4. The molecule has 2 amide bonds. The molecule has 0 spiro atoms. The third-order valence-corrected chi connectivity index (χ3v) is 3.55. The number of allylic oxidation sites excluding steroid dienone is 3. The van der Waals surface area contributed by atoms with Gasteiger partial charge in [0, 0.05) is 13.0 Å². The SMILES string of the molecule is C=C(C)C/C(F)=C\CCCCN1C(=O)c2ccccc2C1=O. The van der Waals surface area contributed by atoms with Crippen LogP contribution in [0.1, 0.15) is 53.3 Å². The van der Waals surface area contributed by atoms with Gasteiger partial charge in [0.25, 0.3) is 11.8 Å². The number of hydrogen-bond donors (Lipinski definition) is 0. The van der Waals surface area contributed by atoms with E-state index in [1.165, 1.54) is 4.90 Å². The average molecular weight is 301 g/mol. The van der Waals surface area contributed by atoms with Crippen LogP contribution in [0.25, 0.3) is 0 Å². The highest BCUT2D eigenvalue weighted by atomic mass is 19.1. The van der Waals surface area contributed by atoms with Crippen LogP contribution in [0.15, 0.2) is 48.3 Å². The molecule has 1 aromatic rings. The standard InChI is InChI=1S/C18H20FNO2/c1-13(2)12-14(19)8-4-3-7-11-20-17(21)15-9-5-6-10-16(15)18(20)22/h5-6,8-10H,1,3-4,7,11-12H2,2H3/b14-8+. The van der Waals surface area contributed by atoms with Crippen molar-refractivity contribution in [3.63, 3.8) is 0 Å². The van der Waals surface area contributed by atoms with Crippen molar-refractivity contribution in [2.75, 3.05) is 6.54 Å². The highest BCUT2D eigenvalue weighted by Crippen LogP contribution is 2.22. The number of rotatable bonds is 7. The summed E-state index contributed by atoms with van der Waals surface area (Å²) in [5.41, 5.74) is 1.74. The van der Waals surface area contributed by atoms with Crippen LogP contribution in [0.3, 0.4) is 0 Å². The van der Waals surface area contributed by atoms with E-state index in [0.29, 0.717) is 30.5 Å². The van der Waals surface area contributed by atoms with Gasteiger partial charge >= 0.3 is 0 Å². The molecule has 2 rings (SSSR count). The smallest absolute Gasteiger partial charge is 0.261 e. The highest BCUT2D eigenvalue weighted by molar-refractivity contribution is 6.21. The maximum absolute atomic E-state index is 13.4. The largest absolute Gasteiger partial charge is 0.274 e. The summed E-state index contributed by atoms with van der Waals surface area (Å²) in [5.74, 6) is -0.637. The Hall–Kier alpha value is -2.23. The molecule has 1 aliphatic rings. The normalized spacial score (nSPS) is 14.5. The van der Waals surface area contributed by atoms with Crippen LogP contribution < -0.4 is 0 Å². The van der Waals surface area contributed by atoms with E-state index in [2.05, 4.69) is 6.58 Å². The molecule has 0 unspecified atom stereocenters. The van der Waals surface area contributed by atoms with Crippen LogP contribution in [0.2, 0.25) is 0 Å². The molecule has 1 aliphatic heterocycles. The topological polar surface area (TPSA) is 37.4 Å². The minimum atomic E-state index is -0.232. The van der Waals surface area contributed by atoms with Gasteiger partial charge in [-0.05, 0) is 38.3 Å². The summed E-state index contributed by atoms with van der Waals surface area (Å²) in [6.45, 7) is 5.83. The van der Waals surface area contributed by atoms with Crippen molar-refractivity contribution < 1.29 is 14.0 Å². The van der Waals surface area contributed by atoms with Crippen molar-refractivity contribution in [2.24, 2.45) is 0 Å². The lowest BCUT2D eigenvalue weighted by molar-refractivity contribution is 0.0652. The number of unbranched alkanes of at least 4 members (excludes halogenated alkanes) is 2. The zero-order chi connectivity index (χ0) is 16.1. The Bertz CT molecular complexity index is 599. The second-order valence-corrected chi connectivity index (χ2v) is 5.59. The molecule has 0 N–H and O–H groups in total. The minimum Gasteiger partial charge on any atom is -0.274 e. The first-order valence-electron chi connectivity index (χ1n) is 7.45. The van der Waals surface area contributed by atoms with E-state index in [9.17, 15) is 14.0 Å². The van der Waals surface area contributed by atoms with Crippen molar-refractivity contribution in [2.45, 2.75) is 32.6 Å². The molecule has 22 heavy (non-hydrogen) atoms. The molecular formula is C18H20FNO2. The maximum atomic E-state index is 13.4. The van der Waals surface area contributed by atoms with Crippen molar-refractivity contribution >= 4 is 11.8 Å². The molecule has 1 heterocycles. The third kappa shape index (κ3) is 3.70. The second-order valence-electron chi connectivity index (χ2n) is 5.59. The van der Waals surface area contributed by atoms with Crippen LogP contribution in [0.4, 0.5) is 4.39 Å². The van der Waals surface area contributed by atoms with Gasteiger partial charge in [-0.25, -0.2) is 4.39 Å². The van der Waals surface area contributed by atoms with Gasteiger partial charge in [0.15, 0.2) is 0 Å². The summed E-state index contributed by atoms with van der Waals surface area (Å²) in [6, 6.07) is 6.85. The Morgan fingerprint density at radius 2 is 1.77 bits per heavy atom. The maximum Gasteiger partial charge on any atom is 0.261 e. The Morgan fingerprint density at radius 1 is 1.18 bits per heavy atom. The van der Waals surface area contributed by atoms with E-state index in [0.717, 1.165) is 12.0 Å². The van der Waals surface area contributed by atoms with Gasteiger partial charge in [0.2, 0.25) is 0 Å². The molecule has 0 atom stereocenters. The summed E-state index contributed by atoms with van der Waals surface area (Å²) in [6.07, 6.45) is 3.83. The van der Waals surface area contributed by atoms with Crippen molar-refractivity contribution in [3.8, 4) is 0 Å². The zero-order valence-electron chi connectivity index (χ0n) is 12.8. The van der Waals surface area contributed by atoms with Gasteiger partial charge in [-0.1, -0.05) is 30.4 Å². The lowest BCUT2D eigenvalue weighted by Gasteiger charge is -2.12. The van der Waals surface area contributed by atoms with Gasteiger partial charge in [-0.2, -0.15) is 0 Å². The number of fused-ring (bicyclic) bond motifs is 1. The molecule has 0 aliphatic carbocycles. The third-order valence-electron chi connectivity index (χ3n) is 3.55. The Morgan fingerprint density at radius 3 is 2.32 bits per heavy atom. The highest BCUT2D eigenvalue weighted by Gasteiger charge is 2.34. The van der Waals surface area contributed by atoms with Crippen LogP contribution in [0, 0.1) is 0 Å². The first-order chi connectivity index (χ1) is 10.5. The monoisotopic (exact) mass is 301 g/mol. The minimum absolute atomic E-state index is 0.173. The number of benzene rings is 1. The van der Waals surface area contributed by atoms with Gasteiger partial charge in [0.1, 0.15) is 0 Å². The second kappa shape index (κ2) is 7.16.